The number of rotatable bonds is 7. The van der Waals surface area contributed by atoms with Crippen LogP contribution in [0.3, 0.4) is 0 Å². The number of amides is 1. The fourth-order valence-corrected chi connectivity index (χ4v) is 3.95. The zero-order chi connectivity index (χ0) is 20.1. The van der Waals surface area contributed by atoms with E-state index in [1.165, 1.54) is 6.07 Å². The van der Waals surface area contributed by atoms with Crippen molar-refractivity contribution < 1.29 is 22.3 Å². The number of carbonyl (C=O) groups is 1. The molecule has 1 saturated heterocycles. The Labute approximate surface area is 164 Å². The first-order chi connectivity index (χ1) is 13.3. The van der Waals surface area contributed by atoms with Gasteiger partial charge >= 0.3 is 0 Å². The van der Waals surface area contributed by atoms with Crippen molar-refractivity contribution in [2.45, 2.75) is 25.5 Å². The van der Waals surface area contributed by atoms with Crippen LogP contribution >= 0.6 is 0 Å². The van der Waals surface area contributed by atoms with Crippen LogP contribution in [0, 0.1) is 5.82 Å². The molecule has 1 aliphatic rings. The minimum atomic E-state index is -3.64. The normalized spacial score (nSPS) is 16.7. The number of hydrogen-bond donors (Lipinski definition) is 1. The van der Waals surface area contributed by atoms with E-state index in [1.54, 1.807) is 42.5 Å². The van der Waals surface area contributed by atoms with E-state index in [9.17, 15) is 17.6 Å². The molecule has 8 heteroatoms. The van der Waals surface area contributed by atoms with Crippen LogP contribution in [0.25, 0.3) is 0 Å². The van der Waals surface area contributed by atoms with Crippen molar-refractivity contribution in [2.24, 2.45) is 0 Å². The summed E-state index contributed by atoms with van der Waals surface area (Å²) in [6, 6.07) is 12.2. The Kier molecular flexibility index (Phi) is 6.31. The van der Waals surface area contributed by atoms with Crippen molar-refractivity contribution in [3.63, 3.8) is 0 Å². The average molecular weight is 406 g/mol. The molecule has 0 bridgehead atoms. The Hall–Kier alpha value is -2.45. The van der Waals surface area contributed by atoms with Gasteiger partial charge in [0.05, 0.1) is 24.6 Å². The summed E-state index contributed by atoms with van der Waals surface area (Å²) >= 11 is 0. The highest BCUT2D eigenvalue weighted by Gasteiger charge is 2.20. The molecule has 0 spiro atoms. The summed E-state index contributed by atoms with van der Waals surface area (Å²) in [5, 5.41) is 2.82. The van der Waals surface area contributed by atoms with Gasteiger partial charge < -0.3 is 10.1 Å². The number of nitrogens with one attached hydrogen (secondary N) is 1. The second-order valence-corrected chi connectivity index (χ2v) is 8.66. The molecule has 0 aromatic heterocycles. The third kappa shape index (κ3) is 5.08. The molecule has 1 N–H and O–H groups in total. The highest BCUT2D eigenvalue weighted by molar-refractivity contribution is 7.92. The molecule has 1 heterocycles. The summed E-state index contributed by atoms with van der Waals surface area (Å²) in [4.78, 5) is 12.3. The van der Waals surface area contributed by atoms with Gasteiger partial charge in [-0.25, -0.2) is 12.8 Å². The molecule has 1 aliphatic heterocycles. The first-order valence-corrected chi connectivity index (χ1v) is 10.9. The van der Waals surface area contributed by atoms with E-state index >= 15 is 0 Å². The summed E-state index contributed by atoms with van der Waals surface area (Å²) in [6.07, 6.45) is 3.04. The van der Waals surface area contributed by atoms with Crippen molar-refractivity contribution in [3.05, 3.63) is 65.5 Å². The van der Waals surface area contributed by atoms with E-state index in [0.717, 1.165) is 30.0 Å². The summed E-state index contributed by atoms with van der Waals surface area (Å²) in [5.41, 5.74) is 1.05. The largest absolute Gasteiger partial charge is 0.376 e. The Morgan fingerprint density at radius 2 is 1.93 bits per heavy atom. The Balaban J connectivity index is 1.73. The second-order valence-electron chi connectivity index (χ2n) is 6.75. The van der Waals surface area contributed by atoms with E-state index < -0.39 is 15.8 Å². The summed E-state index contributed by atoms with van der Waals surface area (Å²) < 4.78 is 45.0. The number of benzene rings is 2. The van der Waals surface area contributed by atoms with Crippen molar-refractivity contribution in [1.82, 2.24) is 5.32 Å². The molecule has 1 fully saturated rings. The number of ether oxygens (including phenoxy) is 1. The molecule has 0 unspecified atom stereocenters. The molecule has 2 aromatic rings. The van der Waals surface area contributed by atoms with Gasteiger partial charge in [0.1, 0.15) is 5.82 Å². The van der Waals surface area contributed by atoms with Gasteiger partial charge in [-0.1, -0.05) is 18.2 Å². The highest BCUT2D eigenvalue weighted by Crippen LogP contribution is 2.22. The Morgan fingerprint density at radius 1 is 1.21 bits per heavy atom. The molecular formula is C20H23FN2O4S. The molecule has 0 saturated carbocycles. The first kappa shape index (κ1) is 20.3. The minimum absolute atomic E-state index is 0.0460. The average Bonchev–Trinajstić information content (AvgIpc) is 3.18. The third-order valence-corrected chi connectivity index (χ3v) is 5.74. The monoisotopic (exact) mass is 406 g/mol. The predicted molar refractivity (Wildman–Crippen MR) is 105 cm³/mol. The van der Waals surface area contributed by atoms with Crippen LogP contribution in [0.1, 0.15) is 28.8 Å². The van der Waals surface area contributed by atoms with Crippen molar-refractivity contribution in [3.8, 4) is 0 Å². The fourth-order valence-electron chi connectivity index (χ4n) is 3.07. The van der Waals surface area contributed by atoms with Gasteiger partial charge in [-0.3, -0.25) is 9.10 Å². The zero-order valence-corrected chi connectivity index (χ0v) is 16.4. The lowest BCUT2D eigenvalue weighted by molar-refractivity contribution is 0.0858. The number of halogens is 1. The molecule has 150 valence electrons. The number of nitrogens with zero attached hydrogens (tertiary/aromatic N) is 1. The van der Waals surface area contributed by atoms with Crippen LogP contribution in [-0.2, 0) is 21.3 Å². The Bertz CT molecular complexity index is 925. The Morgan fingerprint density at radius 3 is 2.54 bits per heavy atom. The maximum atomic E-state index is 14.0. The van der Waals surface area contributed by atoms with Gasteiger partial charge in [-0.15, -0.1) is 0 Å². The van der Waals surface area contributed by atoms with E-state index in [2.05, 4.69) is 5.32 Å². The van der Waals surface area contributed by atoms with Gasteiger partial charge in [-0.2, -0.15) is 0 Å². The minimum Gasteiger partial charge on any atom is -0.376 e. The molecule has 0 radical (unpaired) electrons. The lowest BCUT2D eigenvalue weighted by atomic mass is 10.1. The second kappa shape index (κ2) is 8.70. The van der Waals surface area contributed by atoms with Gasteiger partial charge in [0.25, 0.3) is 5.91 Å². The van der Waals surface area contributed by atoms with Crippen LogP contribution in [-0.4, -0.2) is 39.8 Å². The zero-order valence-electron chi connectivity index (χ0n) is 15.6. The van der Waals surface area contributed by atoms with Crippen molar-refractivity contribution >= 4 is 21.6 Å². The van der Waals surface area contributed by atoms with Crippen molar-refractivity contribution in [1.29, 1.82) is 0 Å². The summed E-state index contributed by atoms with van der Waals surface area (Å²) in [7, 11) is -3.64. The van der Waals surface area contributed by atoms with Gasteiger partial charge in [-0.05, 0) is 43.2 Å². The van der Waals surface area contributed by atoms with Crippen LogP contribution < -0.4 is 9.62 Å². The molecule has 3 rings (SSSR count). The predicted octanol–water partition coefficient (Wildman–Crippen LogP) is 2.70. The highest BCUT2D eigenvalue weighted by atomic mass is 32.2. The lowest BCUT2D eigenvalue weighted by Gasteiger charge is -2.23. The topological polar surface area (TPSA) is 75.7 Å². The van der Waals surface area contributed by atoms with Crippen LogP contribution in [0.2, 0.25) is 0 Å². The van der Waals surface area contributed by atoms with Crippen LogP contribution in [0.5, 0.6) is 0 Å². The summed E-state index contributed by atoms with van der Waals surface area (Å²) in [6.45, 7) is 1.04. The molecular weight excluding hydrogens is 383 g/mol. The smallest absolute Gasteiger partial charge is 0.251 e. The van der Waals surface area contributed by atoms with Gasteiger partial charge in [0, 0.05) is 24.3 Å². The number of hydrogen-bond acceptors (Lipinski definition) is 4. The number of sulfonamides is 1. The molecule has 1 amide bonds. The van der Waals surface area contributed by atoms with E-state index in [-0.39, 0.29) is 24.1 Å². The number of anilines is 1. The molecule has 1 atom stereocenters. The maximum absolute atomic E-state index is 14.0. The van der Waals surface area contributed by atoms with Crippen LogP contribution in [0.4, 0.5) is 10.1 Å². The van der Waals surface area contributed by atoms with E-state index in [1.807, 2.05) is 0 Å². The maximum Gasteiger partial charge on any atom is 0.251 e. The van der Waals surface area contributed by atoms with Crippen molar-refractivity contribution in [2.75, 3.05) is 23.7 Å². The fraction of sp³-hybridized carbons (Fsp3) is 0.350. The van der Waals surface area contributed by atoms with Gasteiger partial charge in [0.15, 0.2) is 0 Å². The third-order valence-electron chi connectivity index (χ3n) is 4.60. The SMILES string of the molecule is CS(=O)(=O)N(Cc1ccccc1F)c1ccc(C(=O)NC[C@@H]2CCCO2)cc1. The first-order valence-electron chi connectivity index (χ1n) is 9.05. The van der Waals surface area contributed by atoms with Gasteiger partial charge in [0.2, 0.25) is 10.0 Å². The molecule has 28 heavy (non-hydrogen) atoms. The molecule has 6 nitrogen and oxygen atoms in total. The van der Waals surface area contributed by atoms with E-state index in [4.69, 9.17) is 4.74 Å². The molecule has 2 aromatic carbocycles. The number of carbonyl (C=O) groups excluding carboxylic acids is 1. The molecule has 0 aliphatic carbocycles. The van der Waals surface area contributed by atoms with E-state index in [0.29, 0.717) is 17.8 Å². The summed E-state index contributed by atoms with van der Waals surface area (Å²) in [5.74, 6) is -0.719. The lowest BCUT2D eigenvalue weighted by Crippen LogP contribution is -2.32. The van der Waals surface area contributed by atoms with Crippen LogP contribution in [0.15, 0.2) is 48.5 Å². The standard InChI is InChI=1S/C20H23FN2O4S/c1-28(25,26)23(14-16-5-2-3-7-19(16)21)17-10-8-15(9-11-17)20(24)22-13-18-6-4-12-27-18/h2-3,5,7-11,18H,4,6,12-14H2,1H3,(H,22,24)/t18-/m0/s1. The quantitative estimate of drug-likeness (QED) is 0.767.